The van der Waals surface area contributed by atoms with Crippen LogP contribution < -0.4 is 0 Å². The molecule has 90 valence electrons. The molecule has 0 radical (unpaired) electrons. The van der Waals surface area contributed by atoms with Gasteiger partial charge in [-0.2, -0.15) is 0 Å². The van der Waals surface area contributed by atoms with E-state index in [0.29, 0.717) is 0 Å². The zero-order valence-corrected chi connectivity index (χ0v) is 11.2. The standard InChI is InChI=1S/C17H22/c1-4-5-15-7-9-16(10-8-15)17-11-6-13(2)12-14(17)3/h6-7,9,11-12H,4-5,8,10H2,1-3H3. The van der Waals surface area contributed by atoms with Crippen LogP contribution in [0.5, 0.6) is 0 Å². The van der Waals surface area contributed by atoms with Crippen LogP contribution in [0.1, 0.15) is 49.3 Å². The molecule has 0 atom stereocenters. The zero-order valence-electron chi connectivity index (χ0n) is 11.2. The molecule has 0 heteroatoms. The van der Waals surface area contributed by atoms with E-state index in [9.17, 15) is 0 Å². The lowest BCUT2D eigenvalue weighted by molar-refractivity contribution is 0.827. The molecule has 0 saturated heterocycles. The van der Waals surface area contributed by atoms with E-state index in [1.54, 1.807) is 5.57 Å². The number of hydrogen-bond donors (Lipinski definition) is 0. The molecule has 17 heavy (non-hydrogen) atoms. The van der Waals surface area contributed by atoms with Crippen LogP contribution in [0.2, 0.25) is 0 Å². The first kappa shape index (κ1) is 12.2. The molecule has 0 aliphatic heterocycles. The van der Waals surface area contributed by atoms with E-state index in [2.05, 4.69) is 51.1 Å². The Morgan fingerprint density at radius 1 is 1.06 bits per heavy atom. The Hall–Kier alpha value is -1.30. The number of rotatable bonds is 3. The van der Waals surface area contributed by atoms with Crippen LogP contribution in [0, 0.1) is 13.8 Å². The monoisotopic (exact) mass is 226 g/mol. The van der Waals surface area contributed by atoms with Gasteiger partial charge in [-0.3, -0.25) is 0 Å². The topological polar surface area (TPSA) is 0 Å². The minimum Gasteiger partial charge on any atom is -0.0699 e. The maximum absolute atomic E-state index is 2.33. The van der Waals surface area contributed by atoms with E-state index < -0.39 is 0 Å². The largest absolute Gasteiger partial charge is 0.0699 e. The first-order valence-corrected chi connectivity index (χ1v) is 6.67. The minimum atomic E-state index is 1.20. The van der Waals surface area contributed by atoms with Crippen LogP contribution in [-0.2, 0) is 0 Å². The highest BCUT2D eigenvalue weighted by Crippen LogP contribution is 2.30. The summed E-state index contributed by atoms with van der Waals surface area (Å²) < 4.78 is 0. The highest BCUT2D eigenvalue weighted by atomic mass is 14.1. The molecule has 0 nitrogen and oxygen atoms in total. The summed E-state index contributed by atoms with van der Waals surface area (Å²) in [7, 11) is 0. The van der Waals surface area contributed by atoms with E-state index in [4.69, 9.17) is 0 Å². The summed E-state index contributed by atoms with van der Waals surface area (Å²) in [5, 5.41) is 0. The molecule has 0 spiro atoms. The van der Waals surface area contributed by atoms with Gasteiger partial charge in [0.05, 0.1) is 0 Å². The number of hydrogen-bond acceptors (Lipinski definition) is 0. The molecule has 0 amide bonds. The molecule has 0 aromatic heterocycles. The first-order valence-electron chi connectivity index (χ1n) is 6.67. The Labute approximate surface area is 105 Å². The Morgan fingerprint density at radius 2 is 1.88 bits per heavy atom. The smallest absolute Gasteiger partial charge is 0.0195 e. The molecule has 1 aliphatic carbocycles. The Bertz CT molecular complexity index is 461. The van der Waals surface area contributed by atoms with E-state index in [0.717, 1.165) is 0 Å². The lowest BCUT2D eigenvalue weighted by Crippen LogP contribution is -1.96. The predicted molar refractivity (Wildman–Crippen MR) is 76.1 cm³/mol. The molecule has 0 unspecified atom stereocenters. The van der Waals surface area contributed by atoms with Gasteiger partial charge in [0.1, 0.15) is 0 Å². The van der Waals surface area contributed by atoms with Crippen molar-refractivity contribution < 1.29 is 0 Å². The maximum Gasteiger partial charge on any atom is -0.0195 e. The van der Waals surface area contributed by atoms with E-state index in [-0.39, 0.29) is 0 Å². The highest BCUT2D eigenvalue weighted by molar-refractivity contribution is 5.71. The molecule has 2 rings (SSSR count). The summed E-state index contributed by atoms with van der Waals surface area (Å²) >= 11 is 0. The number of allylic oxidation sites excluding steroid dienone is 4. The number of benzene rings is 1. The molecular weight excluding hydrogens is 204 g/mol. The van der Waals surface area contributed by atoms with E-state index in [1.165, 1.54) is 47.9 Å². The summed E-state index contributed by atoms with van der Waals surface area (Å²) in [5.41, 5.74) is 7.30. The van der Waals surface area contributed by atoms with Crippen LogP contribution in [0.4, 0.5) is 0 Å². The van der Waals surface area contributed by atoms with Crippen molar-refractivity contribution in [2.45, 2.75) is 46.5 Å². The van der Waals surface area contributed by atoms with Gasteiger partial charge in [-0.15, -0.1) is 0 Å². The third-order valence-corrected chi connectivity index (χ3v) is 3.53. The van der Waals surface area contributed by atoms with Crippen LogP contribution in [-0.4, -0.2) is 0 Å². The predicted octanol–water partition coefficient (Wildman–Crippen LogP) is 5.21. The van der Waals surface area contributed by atoms with Gasteiger partial charge in [-0.1, -0.05) is 54.8 Å². The second-order valence-electron chi connectivity index (χ2n) is 5.09. The Kier molecular flexibility index (Phi) is 3.83. The van der Waals surface area contributed by atoms with Crippen molar-refractivity contribution in [1.29, 1.82) is 0 Å². The molecule has 1 aromatic carbocycles. The van der Waals surface area contributed by atoms with Gasteiger partial charge >= 0.3 is 0 Å². The summed E-state index contributed by atoms with van der Waals surface area (Å²) in [6.45, 7) is 6.63. The average molecular weight is 226 g/mol. The van der Waals surface area contributed by atoms with Crippen molar-refractivity contribution in [3.8, 4) is 0 Å². The van der Waals surface area contributed by atoms with Crippen LogP contribution in [0.3, 0.4) is 0 Å². The fourth-order valence-corrected chi connectivity index (χ4v) is 2.61. The van der Waals surface area contributed by atoms with E-state index in [1.807, 2.05) is 0 Å². The molecule has 0 N–H and O–H groups in total. The lowest BCUT2D eigenvalue weighted by Gasteiger charge is -2.16. The summed E-state index contributed by atoms with van der Waals surface area (Å²) in [6.07, 6.45) is 9.63. The third kappa shape index (κ3) is 2.88. The van der Waals surface area contributed by atoms with Crippen molar-refractivity contribution >= 4 is 5.57 Å². The van der Waals surface area contributed by atoms with Crippen molar-refractivity contribution in [3.05, 3.63) is 52.6 Å². The first-order chi connectivity index (χ1) is 8.20. The quantitative estimate of drug-likeness (QED) is 0.664. The van der Waals surface area contributed by atoms with Gasteiger partial charge < -0.3 is 0 Å². The van der Waals surface area contributed by atoms with Crippen molar-refractivity contribution in [1.82, 2.24) is 0 Å². The van der Waals surface area contributed by atoms with Crippen LogP contribution in [0.15, 0.2) is 35.9 Å². The maximum atomic E-state index is 2.33. The van der Waals surface area contributed by atoms with E-state index >= 15 is 0 Å². The van der Waals surface area contributed by atoms with Gasteiger partial charge in [0.2, 0.25) is 0 Å². The number of aryl methyl sites for hydroxylation is 2. The SMILES string of the molecule is CCCC1=CC=C(c2ccc(C)cc2C)CC1. The lowest BCUT2D eigenvalue weighted by atomic mass is 9.89. The van der Waals surface area contributed by atoms with Crippen molar-refractivity contribution in [2.24, 2.45) is 0 Å². The molecular formula is C17H22. The average Bonchev–Trinajstić information content (AvgIpc) is 2.31. The Balaban J connectivity index is 2.24. The van der Waals surface area contributed by atoms with Crippen molar-refractivity contribution in [3.63, 3.8) is 0 Å². The third-order valence-electron chi connectivity index (χ3n) is 3.53. The fraction of sp³-hybridized carbons (Fsp3) is 0.412. The van der Waals surface area contributed by atoms with Gasteiger partial charge in [0, 0.05) is 0 Å². The second kappa shape index (κ2) is 5.35. The van der Waals surface area contributed by atoms with Gasteiger partial charge in [0.25, 0.3) is 0 Å². The van der Waals surface area contributed by atoms with Gasteiger partial charge in [-0.25, -0.2) is 0 Å². The molecule has 0 bridgehead atoms. The van der Waals surface area contributed by atoms with Crippen LogP contribution in [0.25, 0.3) is 5.57 Å². The molecule has 0 fully saturated rings. The highest BCUT2D eigenvalue weighted by Gasteiger charge is 2.09. The minimum absolute atomic E-state index is 1.20. The molecule has 1 aromatic rings. The summed E-state index contributed by atoms with van der Waals surface area (Å²) in [4.78, 5) is 0. The molecule has 0 saturated carbocycles. The summed E-state index contributed by atoms with van der Waals surface area (Å²) in [6, 6.07) is 6.77. The molecule has 0 heterocycles. The fourth-order valence-electron chi connectivity index (χ4n) is 2.61. The Morgan fingerprint density at radius 3 is 2.47 bits per heavy atom. The summed E-state index contributed by atoms with van der Waals surface area (Å²) in [5.74, 6) is 0. The van der Waals surface area contributed by atoms with Gasteiger partial charge in [0.15, 0.2) is 0 Å². The molecule has 1 aliphatic rings. The van der Waals surface area contributed by atoms with Gasteiger partial charge in [-0.05, 0) is 49.8 Å². The zero-order chi connectivity index (χ0) is 12.3. The normalized spacial score (nSPS) is 15.5. The van der Waals surface area contributed by atoms with Crippen molar-refractivity contribution in [2.75, 3.05) is 0 Å². The van der Waals surface area contributed by atoms with Crippen LogP contribution >= 0.6 is 0 Å². The second-order valence-corrected chi connectivity index (χ2v) is 5.09.